The molecule has 0 aliphatic rings. The molecule has 0 fully saturated rings. The molecule has 1 rings (SSSR count). The fourth-order valence-corrected chi connectivity index (χ4v) is 1.58. The van der Waals surface area contributed by atoms with Gasteiger partial charge in [0.15, 0.2) is 0 Å². The molecule has 0 aliphatic heterocycles. The molecule has 0 N–H and O–H groups in total. The quantitative estimate of drug-likeness (QED) is 0.808. The Morgan fingerprint density at radius 2 is 2.21 bits per heavy atom. The zero-order valence-electron chi connectivity index (χ0n) is 8.02. The molecule has 0 heterocycles. The van der Waals surface area contributed by atoms with Gasteiger partial charge in [0.1, 0.15) is 11.6 Å². The molecule has 0 bridgehead atoms. The summed E-state index contributed by atoms with van der Waals surface area (Å²) in [7, 11) is 0. The molecule has 0 radical (unpaired) electrons. The number of ketones is 1. The Morgan fingerprint density at radius 1 is 1.50 bits per heavy atom. The number of Topliss-reactive ketones (excluding diaryl/α,β-unsaturated/α-hetero) is 1. The monoisotopic (exact) mass is 258 g/mol. The van der Waals surface area contributed by atoms with Gasteiger partial charge in [-0.15, -0.1) is 0 Å². The third kappa shape index (κ3) is 3.22. The van der Waals surface area contributed by atoms with Crippen LogP contribution in [0.5, 0.6) is 0 Å². The van der Waals surface area contributed by atoms with Crippen molar-refractivity contribution >= 4 is 21.7 Å². The van der Waals surface area contributed by atoms with Crippen LogP contribution in [-0.2, 0) is 11.2 Å². The molecule has 76 valence electrons. The molecule has 0 unspecified atom stereocenters. The Kier molecular flexibility index (Phi) is 4.26. The normalized spacial score (nSPS) is 10.2. The molecule has 0 aliphatic carbocycles. The molecule has 0 spiro atoms. The molecule has 1 aromatic carbocycles. The lowest BCUT2D eigenvalue weighted by molar-refractivity contribution is -0.118. The van der Waals surface area contributed by atoms with E-state index in [1.807, 2.05) is 6.92 Å². The molecule has 0 saturated heterocycles. The van der Waals surface area contributed by atoms with Crippen LogP contribution in [0.25, 0.3) is 0 Å². The number of carbonyl (C=O) groups is 1. The summed E-state index contributed by atoms with van der Waals surface area (Å²) in [5.41, 5.74) is 0.986. The molecule has 1 aromatic rings. The van der Waals surface area contributed by atoms with Gasteiger partial charge in [0.05, 0.1) is 4.47 Å². The fraction of sp³-hybridized carbons (Fsp3) is 0.364. The highest BCUT2D eigenvalue weighted by atomic mass is 79.9. The Balaban J connectivity index is 2.60. The van der Waals surface area contributed by atoms with Crippen molar-refractivity contribution in [2.75, 3.05) is 0 Å². The highest BCUT2D eigenvalue weighted by molar-refractivity contribution is 9.10. The molecule has 0 saturated carbocycles. The second kappa shape index (κ2) is 5.25. The van der Waals surface area contributed by atoms with Crippen LogP contribution in [0, 0.1) is 5.82 Å². The molecule has 0 amide bonds. The first-order valence-electron chi connectivity index (χ1n) is 4.59. The minimum Gasteiger partial charge on any atom is -0.300 e. The number of halogens is 2. The Labute approximate surface area is 91.5 Å². The minimum absolute atomic E-state index is 0.241. The maximum Gasteiger partial charge on any atom is 0.137 e. The average molecular weight is 259 g/mol. The molecular formula is C11H12BrFO. The van der Waals surface area contributed by atoms with Crippen molar-refractivity contribution < 1.29 is 9.18 Å². The molecule has 14 heavy (non-hydrogen) atoms. The lowest BCUT2D eigenvalue weighted by Gasteiger charge is -2.01. The van der Waals surface area contributed by atoms with Crippen LogP contribution in [0.1, 0.15) is 25.3 Å². The summed E-state index contributed by atoms with van der Waals surface area (Å²) in [6.45, 7) is 1.85. The molecular weight excluding hydrogens is 247 g/mol. The molecule has 3 heteroatoms. The maximum absolute atomic E-state index is 12.8. The van der Waals surface area contributed by atoms with Gasteiger partial charge < -0.3 is 0 Å². The molecule has 1 nitrogen and oxygen atoms in total. The first-order chi connectivity index (χ1) is 6.63. The second-order valence-electron chi connectivity index (χ2n) is 3.14. The number of hydrogen-bond donors (Lipinski definition) is 0. The van der Waals surface area contributed by atoms with Gasteiger partial charge in [-0.2, -0.15) is 0 Å². The zero-order valence-corrected chi connectivity index (χ0v) is 9.60. The second-order valence-corrected chi connectivity index (χ2v) is 4.00. The Bertz CT molecular complexity index is 336. The van der Waals surface area contributed by atoms with Gasteiger partial charge in [0, 0.05) is 12.8 Å². The van der Waals surface area contributed by atoms with Crippen molar-refractivity contribution in [2.45, 2.75) is 26.2 Å². The lowest BCUT2D eigenvalue weighted by atomic mass is 10.1. The largest absolute Gasteiger partial charge is 0.300 e. The summed E-state index contributed by atoms with van der Waals surface area (Å²) in [5, 5.41) is 0. The lowest BCUT2D eigenvalue weighted by Crippen LogP contribution is -1.97. The predicted molar refractivity (Wildman–Crippen MR) is 57.7 cm³/mol. The smallest absolute Gasteiger partial charge is 0.137 e. The average Bonchev–Trinajstić information content (AvgIpc) is 2.19. The number of benzene rings is 1. The highest BCUT2D eigenvalue weighted by Gasteiger charge is 2.02. The van der Waals surface area contributed by atoms with Gasteiger partial charge in [-0.3, -0.25) is 4.79 Å². The van der Waals surface area contributed by atoms with E-state index in [1.54, 1.807) is 12.1 Å². The van der Waals surface area contributed by atoms with E-state index in [4.69, 9.17) is 0 Å². The summed E-state index contributed by atoms with van der Waals surface area (Å²) >= 11 is 3.11. The number of aryl methyl sites for hydroxylation is 1. The van der Waals surface area contributed by atoms with Crippen LogP contribution in [-0.4, -0.2) is 5.78 Å². The van der Waals surface area contributed by atoms with E-state index in [0.717, 1.165) is 5.56 Å². The van der Waals surface area contributed by atoms with Crippen LogP contribution >= 0.6 is 15.9 Å². The standard InChI is InChI=1S/C11H12BrFO/c1-2-9(14)5-3-8-4-6-11(13)10(12)7-8/h4,6-7H,2-3,5H2,1H3. The maximum atomic E-state index is 12.8. The Hall–Kier alpha value is -0.700. The van der Waals surface area contributed by atoms with E-state index in [0.29, 0.717) is 23.7 Å². The third-order valence-corrected chi connectivity index (χ3v) is 2.68. The predicted octanol–water partition coefficient (Wildman–Crippen LogP) is 3.50. The van der Waals surface area contributed by atoms with Gasteiger partial charge in [-0.1, -0.05) is 13.0 Å². The van der Waals surface area contributed by atoms with Crippen molar-refractivity contribution in [1.82, 2.24) is 0 Å². The third-order valence-electron chi connectivity index (χ3n) is 2.07. The van der Waals surface area contributed by atoms with Gasteiger partial charge in [0.2, 0.25) is 0 Å². The van der Waals surface area contributed by atoms with Crippen LogP contribution in [0.2, 0.25) is 0 Å². The summed E-state index contributed by atoms with van der Waals surface area (Å²) in [6, 6.07) is 4.84. The fourth-order valence-electron chi connectivity index (χ4n) is 1.16. The summed E-state index contributed by atoms with van der Waals surface area (Å²) < 4.78 is 13.3. The van der Waals surface area contributed by atoms with Crippen LogP contribution in [0.3, 0.4) is 0 Å². The van der Waals surface area contributed by atoms with Crippen LogP contribution in [0.15, 0.2) is 22.7 Å². The van der Waals surface area contributed by atoms with Crippen molar-refractivity contribution in [3.63, 3.8) is 0 Å². The van der Waals surface area contributed by atoms with E-state index >= 15 is 0 Å². The van der Waals surface area contributed by atoms with Gasteiger partial charge in [-0.25, -0.2) is 4.39 Å². The molecule has 0 aromatic heterocycles. The number of carbonyl (C=O) groups excluding carboxylic acids is 1. The molecule has 0 atom stereocenters. The van der Waals surface area contributed by atoms with Gasteiger partial charge in [0.25, 0.3) is 0 Å². The van der Waals surface area contributed by atoms with Crippen molar-refractivity contribution in [1.29, 1.82) is 0 Å². The summed E-state index contributed by atoms with van der Waals surface area (Å²) in [6.07, 6.45) is 1.79. The number of hydrogen-bond acceptors (Lipinski definition) is 1. The van der Waals surface area contributed by atoms with E-state index in [2.05, 4.69) is 15.9 Å². The SMILES string of the molecule is CCC(=O)CCc1ccc(F)c(Br)c1. The first-order valence-corrected chi connectivity index (χ1v) is 5.38. The topological polar surface area (TPSA) is 17.1 Å². The van der Waals surface area contributed by atoms with Crippen molar-refractivity contribution in [2.24, 2.45) is 0 Å². The van der Waals surface area contributed by atoms with E-state index in [-0.39, 0.29) is 11.6 Å². The Morgan fingerprint density at radius 3 is 2.79 bits per heavy atom. The summed E-state index contributed by atoms with van der Waals surface area (Å²) in [4.78, 5) is 11.1. The van der Waals surface area contributed by atoms with Crippen LogP contribution < -0.4 is 0 Å². The van der Waals surface area contributed by atoms with E-state index in [9.17, 15) is 9.18 Å². The minimum atomic E-state index is -0.268. The van der Waals surface area contributed by atoms with Gasteiger partial charge in [-0.05, 0) is 40.0 Å². The van der Waals surface area contributed by atoms with E-state index < -0.39 is 0 Å². The van der Waals surface area contributed by atoms with Crippen molar-refractivity contribution in [3.05, 3.63) is 34.1 Å². The number of rotatable bonds is 4. The zero-order chi connectivity index (χ0) is 10.6. The van der Waals surface area contributed by atoms with Crippen LogP contribution in [0.4, 0.5) is 4.39 Å². The summed E-state index contributed by atoms with van der Waals surface area (Å²) in [5.74, 6) is -0.0268. The van der Waals surface area contributed by atoms with E-state index in [1.165, 1.54) is 6.07 Å². The first kappa shape index (κ1) is 11.4. The van der Waals surface area contributed by atoms with Crippen molar-refractivity contribution in [3.8, 4) is 0 Å². The highest BCUT2D eigenvalue weighted by Crippen LogP contribution is 2.17. The van der Waals surface area contributed by atoms with Gasteiger partial charge >= 0.3 is 0 Å².